The summed E-state index contributed by atoms with van der Waals surface area (Å²) in [6.07, 6.45) is -1.29. The van der Waals surface area contributed by atoms with Crippen molar-refractivity contribution in [2.45, 2.75) is 12.7 Å². The Kier molecular flexibility index (Phi) is 7.44. The summed E-state index contributed by atoms with van der Waals surface area (Å²) in [5.41, 5.74) is 1.09. The van der Waals surface area contributed by atoms with Crippen LogP contribution in [0, 0.1) is 0 Å². The smallest absolute Gasteiger partial charge is 0.416 e. The molecule has 0 bridgehead atoms. The lowest BCUT2D eigenvalue weighted by Crippen LogP contribution is -2.27. The molecule has 0 saturated heterocycles. The molecule has 212 valence electrons. The number of hydrogen-bond acceptors (Lipinski definition) is 6. The first-order valence-corrected chi connectivity index (χ1v) is 14.0. The number of thiophene rings is 1. The predicted molar refractivity (Wildman–Crippen MR) is 158 cm³/mol. The maximum Gasteiger partial charge on any atom is 0.416 e. The first kappa shape index (κ1) is 27.6. The van der Waals surface area contributed by atoms with Crippen molar-refractivity contribution >= 4 is 61.5 Å². The molecule has 1 amide bonds. The number of fused-ring (bicyclic) bond motifs is 2. The molecule has 42 heavy (non-hydrogen) atoms. The quantitative estimate of drug-likeness (QED) is 0.182. The zero-order chi connectivity index (χ0) is 29.3. The van der Waals surface area contributed by atoms with Gasteiger partial charge in [-0.15, -0.1) is 11.3 Å². The fourth-order valence-electron chi connectivity index (χ4n) is 4.51. The molecule has 0 radical (unpaired) electrons. The van der Waals surface area contributed by atoms with Crippen molar-refractivity contribution in [1.29, 1.82) is 0 Å². The molecule has 0 unspecified atom stereocenters. The third-order valence-corrected chi connectivity index (χ3v) is 7.69. The van der Waals surface area contributed by atoms with Gasteiger partial charge >= 0.3 is 6.18 Å². The van der Waals surface area contributed by atoms with Gasteiger partial charge in [0.2, 0.25) is 0 Å². The summed E-state index contributed by atoms with van der Waals surface area (Å²) >= 11 is 8.21. The van der Waals surface area contributed by atoms with E-state index < -0.39 is 17.6 Å². The van der Waals surface area contributed by atoms with Gasteiger partial charge in [0.1, 0.15) is 23.3 Å². The molecular formula is C30H21ClF3N5O2S. The Morgan fingerprint density at radius 1 is 1.00 bits per heavy atom. The highest BCUT2D eigenvalue weighted by Crippen LogP contribution is 2.37. The number of alkyl halides is 3. The van der Waals surface area contributed by atoms with Crippen LogP contribution in [0.5, 0.6) is 11.5 Å². The summed E-state index contributed by atoms with van der Waals surface area (Å²) in [4.78, 5) is 21.2. The van der Waals surface area contributed by atoms with Crippen molar-refractivity contribution in [3.05, 3.63) is 107 Å². The van der Waals surface area contributed by atoms with Gasteiger partial charge in [-0.3, -0.25) is 4.79 Å². The maximum atomic E-state index is 13.0. The zero-order valence-corrected chi connectivity index (χ0v) is 23.2. The number of halogens is 4. The molecule has 0 spiro atoms. The van der Waals surface area contributed by atoms with Gasteiger partial charge < -0.3 is 19.9 Å². The fourth-order valence-corrected chi connectivity index (χ4v) is 5.53. The predicted octanol–water partition coefficient (Wildman–Crippen LogP) is 8.28. The van der Waals surface area contributed by atoms with Crippen molar-refractivity contribution in [3.63, 3.8) is 0 Å². The number of rotatable bonds is 8. The molecule has 0 fully saturated rings. The number of amides is 1. The minimum Gasteiger partial charge on any atom is -0.455 e. The highest BCUT2D eigenvalue weighted by atomic mass is 35.5. The van der Waals surface area contributed by atoms with Crippen LogP contribution in [-0.2, 0) is 12.7 Å². The molecule has 0 aliphatic heterocycles. The zero-order valence-electron chi connectivity index (χ0n) is 21.7. The molecule has 0 aliphatic rings. The summed E-state index contributed by atoms with van der Waals surface area (Å²) in [6, 6.07) is 19.3. The molecule has 0 atom stereocenters. The van der Waals surface area contributed by atoms with Crippen LogP contribution in [0.2, 0.25) is 5.02 Å². The van der Waals surface area contributed by atoms with E-state index >= 15 is 0 Å². The van der Waals surface area contributed by atoms with Crippen molar-refractivity contribution in [2.75, 3.05) is 11.9 Å². The minimum atomic E-state index is -4.53. The van der Waals surface area contributed by atoms with Crippen LogP contribution in [0.4, 0.5) is 24.7 Å². The second kappa shape index (κ2) is 11.3. The number of nitrogens with zero attached hydrogens (tertiary/aromatic N) is 3. The lowest BCUT2D eigenvalue weighted by molar-refractivity contribution is -0.137. The number of carbonyl (C=O) groups is 1. The summed E-state index contributed by atoms with van der Waals surface area (Å²) < 4.78 is 48.1. The van der Waals surface area contributed by atoms with E-state index in [9.17, 15) is 18.0 Å². The Hall–Kier alpha value is -4.61. The van der Waals surface area contributed by atoms with E-state index in [0.717, 1.165) is 22.2 Å². The van der Waals surface area contributed by atoms with E-state index in [1.54, 1.807) is 29.7 Å². The molecule has 6 rings (SSSR count). The number of nitrogens with one attached hydrogen (secondary N) is 2. The molecule has 12 heteroatoms. The monoisotopic (exact) mass is 607 g/mol. The van der Waals surface area contributed by atoms with Crippen LogP contribution in [0.25, 0.3) is 21.1 Å². The van der Waals surface area contributed by atoms with Crippen LogP contribution in [-0.4, -0.2) is 27.0 Å². The van der Waals surface area contributed by atoms with Crippen molar-refractivity contribution in [3.8, 4) is 11.5 Å². The Morgan fingerprint density at radius 2 is 1.86 bits per heavy atom. The van der Waals surface area contributed by atoms with Gasteiger partial charge in [0.25, 0.3) is 5.91 Å². The largest absolute Gasteiger partial charge is 0.455 e. The molecular weight excluding hydrogens is 587 g/mol. The Bertz CT molecular complexity index is 1920. The van der Waals surface area contributed by atoms with Crippen LogP contribution < -0.4 is 15.4 Å². The molecule has 3 heterocycles. The van der Waals surface area contributed by atoms with Gasteiger partial charge in [-0.05, 0) is 66.0 Å². The summed E-state index contributed by atoms with van der Waals surface area (Å²) in [6.45, 7) is 0.500. The number of carbonyl (C=O) groups excluding carboxylic acids is 1. The van der Waals surface area contributed by atoms with Crippen LogP contribution >= 0.6 is 22.9 Å². The number of benzene rings is 3. The van der Waals surface area contributed by atoms with Crippen LogP contribution in [0.1, 0.15) is 15.9 Å². The van der Waals surface area contributed by atoms with Crippen molar-refractivity contribution in [1.82, 2.24) is 19.9 Å². The second-order valence-corrected chi connectivity index (χ2v) is 10.6. The summed E-state index contributed by atoms with van der Waals surface area (Å²) in [5.74, 6) is 1.14. The molecule has 0 saturated carbocycles. The Morgan fingerprint density at radius 3 is 2.69 bits per heavy atom. The minimum absolute atomic E-state index is 0.0656. The van der Waals surface area contributed by atoms with Gasteiger partial charge in [-0.25, -0.2) is 9.97 Å². The molecule has 0 aliphatic carbocycles. The SMILES string of the molecule is O=C(NCCn1ccc2ncnc(Nc3ccc(Oc4cccc5sccc45)c(Cl)c3)c21)c1cccc(C(F)(F)F)c1. The second-order valence-electron chi connectivity index (χ2n) is 9.26. The van der Waals surface area contributed by atoms with Crippen LogP contribution in [0.3, 0.4) is 0 Å². The van der Waals surface area contributed by atoms with Crippen molar-refractivity contribution < 1.29 is 22.7 Å². The Balaban J connectivity index is 1.16. The number of hydrogen-bond donors (Lipinski definition) is 2. The molecule has 2 N–H and O–H groups in total. The van der Waals surface area contributed by atoms with Crippen LogP contribution in [0.15, 0.2) is 90.7 Å². The van der Waals surface area contributed by atoms with E-state index in [0.29, 0.717) is 45.6 Å². The van der Waals surface area contributed by atoms with Gasteiger partial charge in [0.05, 0.1) is 16.1 Å². The normalized spacial score (nSPS) is 11.6. The lowest BCUT2D eigenvalue weighted by Gasteiger charge is -2.13. The molecule has 6 aromatic rings. The van der Waals surface area contributed by atoms with E-state index in [4.69, 9.17) is 16.3 Å². The maximum absolute atomic E-state index is 13.0. The summed E-state index contributed by atoms with van der Waals surface area (Å²) in [7, 11) is 0. The highest BCUT2D eigenvalue weighted by Gasteiger charge is 2.30. The number of ether oxygens (including phenoxy) is 1. The average molecular weight is 608 g/mol. The first-order chi connectivity index (χ1) is 20.3. The molecule has 3 aromatic heterocycles. The Labute approximate surface area is 246 Å². The first-order valence-electron chi connectivity index (χ1n) is 12.7. The van der Waals surface area contributed by atoms with E-state index in [1.807, 2.05) is 46.3 Å². The fraction of sp³-hybridized carbons (Fsp3) is 0.100. The van der Waals surface area contributed by atoms with Gasteiger partial charge in [-0.2, -0.15) is 13.2 Å². The third kappa shape index (κ3) is 5.74. The van der Waals surface area contributed by atoms with Crippen molar-refractivity contribution in [2.24, 2.45) is 0 Å². The number of anilines is 2. The lowest BCUT2D eigenvalue weighted by atomic mass is 10.1. The number of aromatic nitrogens is 3. The third-order valence-electron chi connectivity index (χ3n) is 6.51. The topological polar surface area (TPSA) is 81.1 Å². The summed E-state index contributed by atoms with van der Waals surface area (Å²) in [5, 5.41) is 9.37. The van der Waals surface area contributed by atoms with Gasteiger partial charge in [0, 0.05) is 40.6 Å². The average Bonchev–Trinajstić information content (AvgIpc) is 3.63. The van der Waals surface area contributed by atoms with E-state index in [-0.39, 0.29) is 12.1 Å². The van der Waals surface area contributed by atoms with Gasteiger partial charge in [0.15, 0.2) is 5.82 Å². The molecule has 3 aromatic carbocycles. The highest BCUT2D eigenvalue weighted by molar-refractivity contribution is 7.17. The van der Waals surface area contributed by atoms with E-state index in [1.165, 1.54) is 18.5 Å². The molecule has 7 nitrogen and oxygen atoms in total. The van der Waals surface area contributed by atoms with E-state index in [2.05, 4.69) is 20.6 Å². The van der Waals surface area contributed by atoms with Gasteiger partial charge in [-0.1, -0.05) is 23.7 Å². The standard InChI is InChI=1S/C30H21ClF3N5O2S/c31-22-16-20(7-8-25(22)41-24-5-2-6-26-21(24)10-14-42-26)38-28-27-23(36-17-37-28)9-12-39(27)13-11-35-29(40)18-3-1-4-19(15-18)30(32,33)34/h1-10,12,14-17H,11,13H2,(H,35,40)(H,36,37,38).